The number of anilines is 1. The predicted molar refractivity (Wildman–Crippen MR) is 125 cm³/mol. The summed E-state index contributed by atoms with van der Waals surface area (Å²) in [6, 6.07) is 10.3. The molecule has 2 aromatic carbocycles. The molecule has 0 aromatic heterocycles. The summed E-state index contributed by atoms with van der Waals surface area (Å²) in [5.74, 6) is 0.184. The minimum absolute atomic E-state index is 0.108. The first-order chi connectivity index (χ1) is 15.2. The monoisotopic (exact) mass is 480 g/mol. The molecule has 32 heavy (non-hydrogen) atoms. The van der Waals surface area contributed by atoms with Gasteiger partial charge in [-0.05, 0) is 62.6 Å². The molecule has 7 nitrogen and oxygen atoms in total. The second-order valence-corrected chi connectivity index (χ2v) is 10.3. The van der Waals surface area contributed by atoms with Crippen molar-refractivity contribution in [3.8, 4) is 5.75 Å². The fourth-order valence-corrected chi connectivity index (χ4v) is 4.96. The van der Waals surface area contributed by atoms with Crippen LogP contribution in [0.15, 0.2) is 41.3 Å². The topological polar surface area (TPSA) is 84.9 Å². The lowest BCUT2D eigenvalue weighted by molar-refractivity contribution is -0.116. The molecule has 0 spiro atoms. The molecule has 0 unspecified atom stereocenters. The van der Waals surface area contributed by atoms with Gasteiger partial charge in [-0.1, -0.05) is 23.7 Å². The highest BCUT2D eigenvalue weighted by Gasteiger charge is 2.27. The van der Waals surface area contributed by atoms with Gasteiger partial charge < -0.3 is 14.8 Å². The summed E-state index contributed by atoms with van der Waals surface area (Å²) in [4.78, 5) is 12.8. The van der Waals surface area contributed by atoms with Crippen molar-refractivity contribution in [2.45, 2.75) is 44.6 Å². The zero-order valence-electron chi connectivity index (χ0n) is 18.6. The zero-order chi connectivity index (χ0) is 23.3. The largest absolute Gasteiger partial charge is 0.489 e. The summed E-state index contributed by atoms with van der Waals surface area (Å²) in [5.41, 5.74) is 2.27. The molecule has 3 rings (SSSR count). The number of sulfonamides is 1. The van der Waals surface area contributed by atoms with E-state index in [4.69, 9.17) is 21.1 Å². The molecule has 0 atom stereocenters. The molecule has 1 aliphatic heterocycles. The van der Waals surface area contributed by atoms with Crippen LogP contribution < -0.4 is 10.1 Å². The Labute approximate surface area is 194 Å². The van der Waals surface area contributed by atoms with Crippen molar-refractivity contribution < 1.29 is 22.7 Å². The van der Waals surface area contributed by atoms with Gasteiger partial charge in [0.25, 0.3) is 0 Å². The van der Waals surface area contributed by atoms with Crippen LogP contribution >= 0.6 is 11.6 Å². The molecule has 1 N–H and O–H groups in total. The molecule has 1 amide bonds. The Bertz CT molecular complexity index is 1070. The van der Waals surface area contributed by atoms with E-state index in [1.54, 1.807) is 6.07 Å². The van der Waals surface area contributed by atoms with E-state index in [0.717, 1.165) is 11.1 Å². The number of morpholine rings is 1. The smallest absolute Gasteiger partial charge is 0.243 e. The minimum Gasteiger partial charge on any atom is -0.489 e. The van der Waals surface area contributed by atoms with Crippen LogP contribution in [0.1, 0.15) is 31.4 Å². The lowest BCUT2D eigenvalue weighted by atomic mass is 10.1. The summed E-state index contributed by atoms with van der Waals surface area (Å²) >= 11 is 6.17. The maximum atomic E-state index is 13.0. The maximum absolute atomic E-state index is 13.0. The van der Waals surface area contributed by atoms with Crippen LogP contribution in [-0.4, -0.2) is 51.0 Å². The Morgan fingerprint density at radius 2 is 1.91 bits per heavy atom. The van der Waals surface area contributed by atoms with Crippen molar-refractivity contribution in [3.63, 3.8) is 0 Å². The van der Waals surface area contributed by atoms with E-state index in [2.05, 4.69) is 5.32 Å². The number of carbonyl (C=O) groups excluding carboxylic acids is 1. The molecule has 174 valence electrons. The third-order valence-electron chi connectivity index (χ3n) is 5.07. The van der Waals surface area contributed by atoms with E-state index < -0.39 is 10.0 Å². The standard InChI is InChI=1S/C23H29ClN2O5S/c1-16(2)31-22-8-7-19(32(28,29)26-10-12-30-13-11-26)15-21(22)25-23(27)9-6-18-5-4-17(3)20(24)14-18/h4-5,7-8,14-16H,6,9-13H2,1-3H3,(H,25,27). The van der Waals surface area contributed by atoms with Crippen LogP contribution in [0.3, 0.4) is 0 Å². The van der Waals surface area contributed by atoms with Crippen molar-refractivity contribution in [2.24, 2.45) is 0 Å². The van der Waals surface area contributed by atoms with Crippen molar-refractivity contribution >= 4 is 33.2 Å². The van der Waals surface area contributed by atoms with E-state index in [1.165, 1.54) is 16.4 Å². The number of hydrogen-bond acceptors (Lipinski definition) is 5. The lowest BCUT2D eigenvalue weighted by Crippen LogP contribution is -2.40. The number of amides is 1. The number of carbonyl (C=O) groups is 1. The van der Waals surface area contributed by atoms with Crippen molar-refractivity contribution in [3.05, 3.63) is 52.5 Å². The highest BCUT2D eigenvalue weighted by molar-refractivity contribution is 7.89. The van der Waals surface area contributed by atoms with Gasteiger partial charge in [-0.25, -0.2) is 8.42 Å². The fraction of sp³-hybridized carbons (Fsp3) is 0.435. The molecule has 0 bridgehead atoms. The number of aryl methyl sites for hydroxylation is 2. The van der Waals surface area contributed by atoms with E-state index in [0.29, 0.717) is 49.2 Å². The highest BCUT2D eigenvalue weighted by atomic mass is 35.5. The average molecular weight is 481 g/mol. The number of nitrogens with one attached hydrogen (secondary N) is 1. The van der Waals surface area contributed by atoms with Gasteiger partial charge >= 0.3 is 0 Å². The van der Waals surface area contributed by atoms with Crippen LogP contribution in [0.2, 0.25) is 5.02 Å². The molecule has 9 heteroatoms. The zero-order valence-corrected chi connectivity index (χ0v) is 20.1. The first-order valence-electron chi connectivity index (χ1n) is 10.6. The molecule has 1 heterocycles. The maximum Gasteiger partial charge on any atom is 0.243 e. The number of ether oxygens (including phenoxy) is 2. The number of hydrogen-bond donors (Lipinski definition) is 1. The van der Waals surface area contributed by atoms with Crippen LogP contribution in [-0.2, 0) is 26.0 Å². The third kappa shape index (κ3) is 6.22. The van der Waals surface area contributed by atoms with Gasteiger partial charge in [-0.2, -0.15) is 4.31 Å². The van der Waals surface area contributed by atoms with E-state index >= 15 is 0 Å². The quantitative estimate of drug-likeness (QED) is 0.616. The van der Waals surface area contributed by atoms with Gasteiger partial charge in [0.05, 0.1) is 29.9 Å². The normalized spacial score (nSPS) is 15.0. The van der Waals surface area contributed by atoms with Gasteiger partial charge in [-0.3, -0.25) is 4.79 Å². The number of benzene rings is 2. The molecule has 0 radical (unpaired) electrons. The molecule has 2 aromatic rings. The molecule has 1 fully saturated rings. The van der Waals surface area contributed by atoms with Gasteiger partial charge in [0.1, 0.15) is 5.75 Å². The van der Waals surface area contributed by atoms with Gasteiger partial charge in [-0.15, -0.1) is 0 Å². The molecule has 1 aliphatic rings. The van der Waals surface area contributed by atoms with E-state index in [9.17, 15) is 13.2 Å². The predicted octanol–water partition coefficient (Wildman–Crippen LogP) is 4.03. The average Bonchev–Trinajstić information content (AvgIpc) is 2.76. The first kappa shape index (κ1) is 24.5. The summed E-state index contributed by atoms with van der Waals surface area (Å²) in [6.45, 7) is 6.98. The van der Waals surface area contributed by atoms with E-state index in [-0.39, 0.29) is 23.3 Å². The summed E-state index contributed by atoms with van der Waals surface area (Å²) in [6.07, 6.45) is 0.598. The van der Waals surface area contributed by atoms with Crippen molar-refractivity contribution in [2.75, 3.05) is 31.6 Å². The van der Waals surface area contributed by atoms with Crippen LogP contribution in [0, 0.1) is 6.92 Å². The molecular weight excluding hydrogens is 452 g/mol. The second-order valence-electron chi connectivity index (χ2n) is 7.97. The Morgan fingerprint density at radius 3 is 2.56 bits per heavy atom. The second kappa shape index (κ2) is 10.7. The summed E-state index contributed by atoms with van der Waals surface area (Å²) < 4.78 is 38.5. The number of rotatable bonds is 8. The number of nitrogens with zero attached hydrogens (tertiary/aromatic N) is 1. The Balaban J connectivity index is 1.78. The minimum atomic E-state index is -3.70. The molecular formula is C23H29ClN2O5S. The van der Waals surface area contributed by atoms with Crippen LogP contribution in [0.4, 0.5) is 5.69 Å². The third-order valence-corrected chi connectivity index (χ3v) is 7.37. The van der Waals surface area contributed by atoms with Crippen molar-refractivity contribution in [1.82, 2.24) is 4.31 Å². The summed E-state index contributed by atoms with van der Waals surface area (Å²) in [5, 5.41) is 3.49. The van der Waals surface area contributed by atoms with Crippen LogP contribution in [0.5, 0.6) is 5.75 Å². The first-order valence-corrected chi connectivity index (χ1v) is 12.4. The highest BCUT2D eigenvalue weighted by Crippen LogP contribution is 2.30. The van der Waals surface area contributed by atoms with Crippen LogP contribution in [0.25, 0.3) is 0 Å². The Kier molecular flexibility index (Phi) is 8.16. The molecule has 0 aliphatic carbocycles. The van der Waals surface area contributed by atoms with Gasteiger partial charge in [0.15, 0.2) is 0 Å². The Hall–Kier alpha value is -2.13. The molecule has 1 saturated heterocycles. The summed E-state index contributed by atoms with van der Waals surface area (Å²) in [7, 11) is -3.70. The number of halogens is 1. The SMILES string of the molecule is Cc1ccc(CCC(=O)Nc2cc(S(=O)(=O)N3CCOCC3)ccc2OC(C)C)cc1Cl. The fourth-order valence-electron chi connectivity index (χ4n) is 3.32. The van der Waals surface area contributed by atoms with Gasteiger partial charge in [0, 0.05) is 24.5 Å². The lowest BCUT2D eigenvalue weighted by Gasteiger charge is -2.26. The van der Waals surface area contributed by atoms with E-state index in [1.807, 2.05) is 39.0 Å². The Morgan fingerprint density at radius 1 is 1.19 bits per heavy atom. The molecule has 0 saturated carbocycles. The van der Waals surface area contributed by atoms with Gasteiger partial charge in [0.2, 0.25) is 15.9 Å². The van der Waals surface area contributed by atoms with Crippen molar-refractivity contribution in [1.29, 1.82) is 0 Å².